The molecule has 3 aromatic heterocycles. The SMILES string of the molecule is CC.CC.CC.CC.CC.CC.CC1=CCC=[N+]1C.CC1=CCN=[N+]1C.CC1=NC(C)(C)N=[N+]1C.CC1=NCC=[N+]1C.CC1=[N+](C)C=CC1.Cc1c[n+](C)cn1C.Cc1nn(C)[n+](C)c1C.Cc1nn(C)c[n+]1C. The summed E-state index contributed by atoms with van der Waals surface area (Å²) in [6.45, 7) is 48.1. The van der Waals surface area contributed by atoms with E-state index in [1.54, 1.807) is 9.38 Å². The second kappa shape index (κ2) is 47.0. The average Bonchev–Trinajstić information content (AvgIpc) is 4.29. The highest BCUT2D eigenvalue weighted by atomic mass is 15.5. The number of nitrogens with zero attached hydrogens (tertiary/aromatic N) is 17. The molecule has 17 heteroatoms. The average molecular weight is 1040 g/mol. The smallest absolute Gasteiger partial charge is 0.239 e. The lowest BCUT2D eigenvalue weighted by Crippen LogP contribution is -2.39. The van der Waals surface area contributed by atoms with Crippen molar-refractivity contribution in [2.24, 2.45) is 62.5 Å². The fourth-order valence-electron chi connectivity index (χ4n) is 5.58. The summed E-state index contributed by atoms with van der Waals surface area (Å²) in [6, 6.07) is 0. The lowest BCUT2D eigenvalue weighted by molar-refractivity contribution is -0.760. The topological polar surface area (TPSA) is 117 Å². The molecule has 0 aromatic carbocycles. The molecule has 0 unspecified atom stereocenters. The number of azo groups is 4. The fourth-order valence-corrected chi connectivity index (χ4v) is 5.58. The van der Waals surface area contributed by atoms with Crippen LogP contribution in [0.15, 0.2) is 74.9 Å². The van der Waals surface area contributed by atoms with Gasteiger partial charge in [-0.25, -0.2) is 27.4 Å². The zero-order chi connectivity index (χ0) is 59.5. The standard InChI is InChI=1S/2C6H12N3.C6H11N2.2C6H10N.C5H10N3.2C5H9N2.6C2H6/c1-5-6(2)8(3)9(4)7-5;1-5-7-6(2,3)8-9(5)4;1-6-4-7(2)5-8(6)3;2*1-6-4-3-5-7(6)2;1-5-6-8(3)4-7(5)2;1-5-6-3-4-7(5)2;1-5-3-4-6-7(5)2;6*1-2/h2*1-4H3;4-5H,1-3H3;4-5H,3H2,1-2H3;3,5H,4H2,1-2H3;4H,1-3H3;4H,3H2,1-2H3;3H,4H2,1-2H3;6*1-2H3/q8*+1;;;;;;. The maximum absolute atomic E-state index is 4.28. The van der Waals surface area contributed by atoms with Crippen molar-refractivity contribution in [1.29, 1.82) is 0 Å². The van der Waals surface area contributed by atoms with Gasteiger partial charge in [-0.15, -0.1) is 9.38 Å². The number of allylic oxidation sites excluding steroid dienone is 4. The summed E-state index contributed by atoms with van der Waals surface area (Å²) in [7, 11) is 21.9. The van der Waals surface area contributed by atoms with Crippen molar-refractivity contribution in [2.75, 3.05) is 48.3 Å². The number of hydrogen-bond donors (Lipinski definition) is 0. The summed E-state index contributed by atoms with van der Waals surface area (Å²) in [5.74, 6) is 3.13. The Bertz CT molecular complexity index is 2020. The first-order valence-corrected chi connectivity index (χ1v) is 27.1. The van der Waals surface area contributed by atoms with E-state index in [1.807, 2.05) is 229 Å². The van der Waals surface area contributed by atoms with Crippen molar-refractivity contribution >= 4 is 29.8 Å². The van der Waals surface area contributed by atoms with Crippen LogP contribution in [0.3, 0.4) is 0 Å². The molecule has 8 heterocycles. The summed E-state index contributed by atoms with van der Waals surface area (Å²) in [6.07, 6.45) is 21.1. The van der Waals surface area contributed by atoms with E-state index < -0.39 is 0 Å². The minimum atomic E-state index is -0.223. The molecule has 5 aliphatic rings. The van der Waals surface area contributed by atoms with Crippen molar-refractivity contribution in [3.8, 4) is 0 Å². The predicted octanol–water partition coefficient (Wildman–Crippen LogP) is 10.1. The Balaban J connectivity index is -0.000000174. The second-order valence-electron chi connectivity index (χ2n) is 16.4. The summed E-state index contributed by atoms with van der Waals surface area (Å²) in [4.78, 5) is 10.2. The number of aromatic nitrogens is 8. The van der Waals surface area contributed by atoms with Crippen LogP contribution in [-0.2, 0) is 42.3 Å². The van der Waals surface area contributed by atoms with E-state index in [1.165, 1.54) is 28.5 Å². The summed E-state index contributed by atoms with van der Waals surface area (Å²) >= 11 is 0. The Morgan fingerprint density at radius 2 is 1.14 bits per heavy atom. The minimum Gasteiger partial charge on any atom is -0.239 e. The number of imidazole rings is 1. The molecule has 5 aliphatic heterocycles. The lowest BCUT2D eigenvalue weighted by Gasteiger charge is -1.95. The molecule has 0 amide bonds. The van der Waals surface area contributed by atoms with Crippen LogP contribution in [0, 0.1) is 27.7 Å². The van der Waals surface area contributed by atoms with Gasteiger partial charge in [0.2, 0.25) is 24.0 Å². The maximum Gasteiger partial charge on any atom is 0.312 e. The van der Waals surface area contributed by atoms with Gasteiger partial charge in [-0.05, 0) is 22.1 Å². The first-order chi connectivity index (χ1) is 34.8. The number of aryl methyl sites for hydroxylation is 8. The van der Waals surface area contributed by atoms with Gasteiger partial charge in [-0.2, -0.15) is 4.68 Å². The highest BCUT2D eigenvalue weighted by Gasteiger charge is 2.32. The van der Waals surface area contributed by atoms with Gasteiger partial charge in [0.05, 0.1) is 48.7 Å². The minimum absolute atomic E-state index is 0.223. The zero-order valence-corrected chi connectivity index (χ0v) is 54.6. The Labute approximate surface area is 455 Å². The molecule has 74 heavy (non-hydrogen) atoms. The second-order valence-corrected chi connectivity index (χ2v) is 16.4. The Kier molecular flexibility index (Phi) is 50.6. The predicted molar refractivity (Wildman–Crippen MR) is 317 cm³/mol. The van der Waals surface area contributed by atoms with Crippen LogP contribution < -0.4 is 13.8 Å². The monoisotopic (exact) mass is 1040 g/mol. The fraction of sp³-hybridized carbons (Fsp3) is 0.684. The van der Waals surface area contributed by atoms with E-state index in [0.29, 0.717) is 0 Å². The Morgan fingerprint density at radius 3 is 1.24 bits per heavy atom. The zero-order valence-electron chi connectivity index (χ0n) is 54.6. The molecule has 0 bridgehead atoms. The number of amidine groups is 2. The molecule has 8 rings (SSSR count). The van der Waals surface area contributed by atoms with E-state index in [0.717, 1.165) is 49.1 Å². The van der Waals surface area contributed by atoms with Crippen LogP contribution in [0.1, 0.15) is 167 Å². The molecule has 0 aliphatic carbocycles. The molecular formula is C57H119N17+8. The van der Waals surface area contributed by atoms with E-state index in [2.05, 4.69) is 136 Å². The largest absolute Gasteiger partial charge is 0.312 e. The van der Waals surface area contributed by atoms with Gasteiger partial charge < -0.3 is 0 Å². The van der Waals surface area contributed by atoms with Gasteiger partial charge in [-0.1, -0.05) is 103 Å². The first-order valence-electron chi connectivity index (χ1n) is 27.1. The van der Waals surface area contributed by atoms with Gasteiger partial charge in [0.25, 0.3) is 17.3 Å². The van der Waals surface area contributed by atoms with E-state index in [4.69, 9.17) is 0 Å². The molecule has 424 valence electrons. The highest BCUT2D eigenvalue weighted by Crippen LogP contribution is 2.16. The molecule has 17 nitrogen and oxygen atoms in total. The molecule has 0 saturated carbocycles. The van der Waals surface area contributed by atoms with Crippen molar-refractivity contribution in [3.63, 3.8) is 0 Å². The molecule has 0 saturated heterocycles. The van der Waals surface area contributed by atoms with Gasteiger partial charge in [0.1, 0.15) is 59.1 Å². The number of aliphatic imine (C=N–C) groups is 2. The molecule has 0 radical (unpaired) electrons. The first kappa shape index (κ1) is 79.7. The van der Waals surface area contributed by atoms with Crippen molar-refractivity contribution in [3.05, 3.63) is 77.6 Å². The van der Waals surface area contributed by atoms with Crippen molar-refractivity contribution in [2.45, 2.75) is 178 Å². The van der Waals surface area contributed by atoms with Crippen LogP contribution in [0.2, 0.25) is 0 Å². The van der Waals surface area contributed by atoms with Gasteiger partial charge in [-0.3, -0.25) is 0 Å². The van der Waals surface area contributed by atoms with Crippen molar-refractivity contribution < 1.29 is 36.9 Å². The van der Waals surface area contributed by atoms with Crippen LogP contribution in [0.5, 0.6) is 0 Å². The summed E-state index contributed by atoms with van der Waals surface area (Å²) in [5.41, 5.74) is 7.42. The summed E-state index contributed by atoms with van der Waals surface area (Å²) in [5, 5.41) is 16.6. The Morgan fingerprint density at radius 1 is 0.595 bits per heavy atom. The van der Waals surface area contributed by atoms with E-state index >= 15 is 0 Å². The van der Waals surface area contributed by atoms with E-state index in [-0.39, 0.29) is 5.66 Å². The third kappa shape index (κ3) is 36.2. The molecule has 0 fully saturated rings. The molecule has 3 aromatic rings. The molecule has 0 atom stereocenters. The van der Waals surface area contributed by atoms with Gasteiger partial charge in [0, 0.05) is 98.9 Å². The van der Waals surface area contributed by atoms with Crippen LogP contribution in [0.4, 0.5) is 0 Å². The van der Waals surface area contributed by atoms with Gasteiger partial charge in [0.15, 0.2) is 36.9 Å². The molecule has 0 N–H and O–H groups in total. The van der Waals surface area contributed by atoms with Crippen molar-refractivity contribution in [1.82, 2.24) is 24.2 Å². The lowest BCUT2D eigenvalue weighted by atomic mass is 10.3. The third-order valence-corrected chi connectivity index (χ3v) is 10.6. The number of rotatable bonds is 0. The van der Waals surface area contributed by atoms with Crippen LogP contribution in [0.25, 0.3) is 0 Å². The quantitative estimate of drug-likeness (QED) is 0.209. The molecular weight excluding hydrogens is 923 g/mol. The maximum atomic E-state index is 4.28. The summed E-state index contributed by atoms with van der Waals surface area (Å²) < 4.78 is 19.9. The molecule has 0 spiro atoms. The van der Waals surface area contributed by atoms with Gasteiger partial charge >= 0.3 is 5.84 Å². The normalized spacial score (nSPS) is 14.0. The third-order valence-electron chi connectivity index (χ3n) is 10.6. The highest BCUT2D eigenvalue weighted by molar-refractivity contribution is 5.81. The number of hydrogen-bond acceptors (Lipinski definition) is 6. The van der Waals surface area contributed by atoms with E-state index in [9.17, 15) is 0 Å². The van der Waals surface area contributed by atoms with Crippen LogP contribution >= 0.6 is 0 Å². The Hall–Kier alpha value is -5.74. The van der Waals surface area contributed by atoms with Crippen LogP contribution in [-0.4, -0.2) is 131 Å².